The van der Waals surface area contributed by atoms with Crippen LogP contribution < -0.4 is 0 Å². The van der Waals surface area contributed by atoms with E-state index in [9.17, 15) is 0 Å². The molecular weight excluding hydrogens is 353 g/mol. The van der Waals surface area contributed by atoms with Crippen molar-refractivity contribution >= 4 is 45.5 Å². The lowest BCUT2D eigenvalue weighted by molar-refractivity contribution is 0.834. The van der Waals surface area contributed by atoms with Gasteiger partial charge in [0.15, 0.2) is 0 Å². The van der Waals surface area contributed by atoms with E-state index in [0.717, 1.165) is 24.9 Å². The Balaban J connectivity index is 2.39. The Hall–Kier alpha value is -0.130. The van der Waals surface area contributed by atoms with Crippen LogP contribution in [0.2, 0.25) is 5.02 Å². The van der Waals surface area contributed by atoms with Gasteiger partial charge in [-0.1, -0.05) is 31.5 Å². The van der Waals surface area contributed by atoms with Gasteiger partial charge in [-0.3, -0.25) is 0 Å². The summed E-state index contributed by atoms with van der Waals surface area (Å²) >= 11 is 10.0. The van der Waals surface area contributed by atoms with Crippen molar-refractivity contribution in [3.05, 3.63) is 37.9 Å². The van der Waals surface area contributed by atoms with Crippen molar-refractivity contribution in [2.75, 3.05) is 0 Å². The Morgan fingerprint density at radius 1 is 1.38 bits per heavy atom. The zero-order chi connectivity index (χ0) is 11.7. The number of hydrogen-bond donors (Lipinski definition) is 0. The summed E-state index contributed by atoms with van der Waals surface area (Å²) in [4.78, 5) is 4.61. The monoisotopic (exact) mass is 363 g/mol. The first kappa shape index (κ1) is 12.3. The lowest BCUT2D eigenvalue weighted by Gasteiger charge is -2.00. The van der Waals surface area contributed by atoms with E-state index in [4.69, 9.17) is 11.6 Å². The van der Waals surface area contributed by atoms with Crippen molar-refractivity contribution in [1.29, 1.82) is 0 Å². The van der Waals surface area contributed by atoms with E-state index in [1.54, 1.807) is 11.3 Å². The van der Waals surface area contributed by atoms with Gasteiger partial charge in [0.25, 0.3) is 0 Å². The van der Waals surface area contributed by atoms with Crippen LogP contribution in [0.4, 0.5) is 0 Å². The molecule has 0 amide bonds. The first-order valence-corrected chi connectivity index (χ1v) is 7.32. The molecule has 0 unspecified atom stereocenters. The largest absolute Gasteiger partial charge is 0.241 e. The zero-order valence-electron chi connectivity index (χ0n) is 9.00. The molecule has 16 heavy (non-hydrogen) atoms. The van der Waals surface area contributed by atoms with Crippen molar-refractivity contribution < 1.29 is 0 Å². The topological polar surface area (TPSA) is 12.9 Å². The molecule has 1 aromatic carbocycles. The molecule has 0 fully saturated rings. The summed E-state index contributed by atoms with van der Waals surface area (Å²) < 4.78 is 1.07. The second kappa shape index (κ2) is 5.02. The maximum Gasteiger partial charge on any atom is 0.123 e. The second-order valence-corrected chi connectivity index (χ2v) is 6.29. The molecule has 2 aromatic rings. The van der Waals surface area contributed by atoms with Crippen LogP contribution in [-0.2, 0) is 0 Å². The number of benzene rings is 1. The molecule has 0 bridgehead atoms. The van der Waals surface area contributed by atoms with Gasteiger partial charge in [-0.05, 0) is 40.6 Å². The molecule has 0 radical (unpaired) electrons. The third kappa shape index (κ3) is 2.57. The fourth-order valence-corrected chi connectivity index (χ4v) is 2.81. The van der Waals surface area contributed by atoms with Crippen LogP contribution in [0.1, 0.15) is 25.5 Å². The van der Waals surface area contributed by atoms with Crippen LogP contribution in [0.5, 0.6) is 0 Å². The average Bonchev–Trinajstić information content (AvgIpc) is 2.71. The summed E-state index contributed by atoms with van der Waals surface area (Å²) in [6.07, 6.45) is 0. The predicted octanol–water partition coefficient (Wildman–Crippen LogP) is 5.19. The summed E-state index contributed by atoms with van der Waals surface area (Å²) in [5.41, 5.74) is 2.25. The Labute approximate surface area is 118 Å². The van der Waals surface area contributed by atoms with Crippen LogP contribution >= 0.6 is 45.5 Å². The van der Waals surface area contributed by atoms with E-state index >= 15 is 0 Å². The van der Waals surface area contributed by atoms with Crippen LogP contribution in [0, 0.1) is 3.57 Å². The number of rotatable bonds is 2. The summed E-state index contributed by atoms with van der Waals surface area (Å²) in [6, 6.07) is 6.07. The maximum absolute atomic E-state index is 6.10. The molecule has 0 atom stereocenters. The average molecular weight is 364 g/mol. The Morgan fingerprint density at radius 3 is 2.69 bits per heavy atom. The number of halogens is 2. The maximum atomic E-state index is 6.10. The summed E-state index contributed by atoms with van der Waals surface area (Å²) in [5, 5.41) is 3.95. The molecule has 84 valence electrons. The smallest absolute Gasteiger partial charge is 0.123 e. The van der Waals surface area contributed by atoms with Crippen LogP contribution in [-0.4, -0.2) is 4.98 Å². The summed E-state index contributed by atoms with van der Waals surface area (Å²) in [7, 11) is 0. The molecule has 1 heterocycles. The van der Waals surface area contributed by atoms with Gasteiger partial charge in [-0.15, -0.1) is 11.3 Å². The highest BCUT2D eigenvalue weighted by molar-refractivity contribution is 14.1. The van der Waals surface area contributed by atoms with Gasteiger partial charge < -0.3 is 0 Å². The number of hydrogen-bond acceptors (Lipinski definition) is 2. The third-order valence-electron chi connectivity index (χ3n) is 2.28. The van der Waals surface area contributed by atoms with E-state index in [0.29, 0.717) is 5.92 Å². The first-order chi connectivity index (χ1) is 7.58. The van der Waals surface area contributed by atoms with Crippen molar-refractivity contribution in [3.63, 3.8) is 0 Å². The van der Waals surface area contributed by atoms with Crippen LogP contribution in [0.25, 0.3) is 10.6 Å². The molecule has 1 nitrogen and oxygen atoms in total. The van der Waals surface area contributed by atoms with Gasteiger partial charge in [0, 0.05) is 14.5 Å². The molecule has 4 heteroatoms. The third-order valence-corrected chi connectivity index (χ3v) is 4.76. The van der Waals surface area contributed by atoms with E-state index in [1.807, 2.05) is 12.1 Å². The lowest BCUT2D eigenvalue weighted by Crippen LogP contribution is -1.87. The highest BCUT2D eigenvalue weighted by Crippen LogP contribution is 2.30. The van der Waals surface area contributed by atoms with E-state index in [-0.39, 0.29) is 0 Å². The second-order valence-electron chi connectivity index (χ2n) is 3.86. The zero-order valence-corrected chi connectivity index (χ0v) is 12.7. The van der Waals surface area contributed by atoms with Crippen LogP contribution in [0.15, 0.2) is 23.6 Å². The van der Waals surface area contributed by atoms with Gasteiger partial charge in [-0.25, -0.2) is 4.98 Å². The molecule has 1 aromatic heterocycles. The normalized spacial score (nSPS) is 11.1. The lowest BCUT2D eigenvalue weighted by atomic mass is 10.1. The highest BCUT2D eigenvalue weighted by atomic mass is 127. The Morgan fingerprint density at radius 2 is 2.12 bits per heavy atom. The van der Waals surface area contributed by atoms with Crippen molar-refractivity contribution in [2.45, 2.75) is 19.8 Å². The minimum Gasteiger partial charge on any atom is -0.241 e. The summed E-state index contributed by atoms with van der Waals surface area (Å²) in [6.45, 7) is 4.31. The van der Waals surface area contributed by atoms with E-state index in [2.05, 4.69) is 52.9 Å². The fourth-order valence-electron chi connectivity index (χ4n) is 1.31. The Bertz CT molecular complexity index is 507. The molecule has 0 spiro atoms. The number of thiazole rings is 1. The molecular formula is C12H11ClINS. The van der Waals surface area contributed by atoms with Crippen molar-refractivity contribution in [1.82, 2.24) is 4.98 Å². The molecule has 0 aliphatic heterocycles. The van der Waals surface area contributed by atoms with E-state index in [1.165, 1.54) is 0 Å². The molecule has 2 rings (SSSR count). The molecule has 0 N–H and O–H groups in total. The predicted molar refractivity (Wildman–Crippen MR) is 79.4 cm³/mol. The number of nitrogens with zero attached hydrogens (tertiary/aromatic N) is 1. The van der Waals surface area contributed by atoms with Gasteiger partial charge >= 0.3 is 0 Å². The quantitative estimate of drug-likeness (QED) is 0.669. The van der Waals surface area contributed by atoms with E-state index < -0.39 is 0 Å². The van der Waals surface area contributed by atoms with Crippen LogP contribution in [0.3, 0.4) is 0 Å². The highest BCUT2D eigenvalue weighted by Gasteiger charge is 2.08. The number of aromatic nitrogens is 1. The molecule has 0 saturated heterocycles. The molecule has 0 aliphatic rings. The fraction of sp³-hybridized carbons (Fsp3) is 0.250. The first-order valence-electron chi connectivity index (χ1n) is 4.99. The van der Waals surface area contributed by atoms with Gasteiger partial charge in [0.1, 0.15) is 5.01 Å². The van der Waals surface area contributed by atoms with Crippen molar-refractivity contribution in [3.8, 4) is 10.6 Å². The SMILES string of the molecule is CC(C)c1csc(-c2ccc(I)c(Cl)c2)n1. The minimum absolute atomic E-state index is 0.476. The van der Waals surface area contributed by atoms with Gasteiger partial charge in [0.05, 0.1) is 10.7 Å². The van der Waals surface area contributed by atoms with Gasteiger partial charge in [0.2, 0.25) is 0 Å². The molecule has 0 aliphatic carbocycles. The molecule has 0 saturated carbocycles. The standard InChI is InChI=1S/C12H11ClINS/c1-7(2)11-6-16-12(15-11)8-3-4-10(14)9(13)5-8/h3-7H,1-2H3. The van der Waals surface area contributed by atoms with Crippen molar-refractivity contribution in [2.24, 2.45) is 0 Å². The minimum atomic E-state index is 0.476. The van der Waals surface area contributed by atoms with Gasteiger partial charge in [-0.2, -0.15) is 0 Å². The Kier molecular flexibility index (Phi) is 3.87. The summed E-state index contributed by atoms with van der Waals surface area (Å²) in [5.74, 6) is 0.476.